The first-order valence-electron chi connectivity index (χ1n) is 7.63. The number of aromatic nitrogens is 2. The van der Waals surface area contributed by atoms with Crippen LogP contribution in [0.15, 0.2) is 46.0 Å². The first-order valence-corrected chi connectivity index (χ1v) is 9.09. The van der Waals surface area contributed by atoms with Crippen LogP contribution in [0.3, 0.4) is 0 Å². The van der Waals surface area contributed by atoms with Crippen LogP contribution in [0.2, 0.25) is 5.02 Å². The normalized spacial score (nSPS) is 10.6. The number of hydrogen-bond acceptors (Lipinski definition) is 4. The lowest BCUT2D eigenvalue weighted by Crippen LogP contribution is -2.33. The fourth-order valence-corrected chi connectivity index (χ4v) is 3.57. The van der Waals surface area contributed by atoms with E-state index >= 15 is 0 Å². The van der Waals surface area contributed by atoms with Gasteiger partial charge in [0.15, 0.2) is 0 Å². The second-order valence-corrected chi connectivity index (χ2v) is 7.09. The number of aromatic amines is 2. The van der Waals surface area contributed by atoms with Crippen LogP contribution in [0.25, 0.3) is 10.8 Å². The smallest absolute Gasteiger partial charge is 0.272 e. The first kappa shape index (κ1) is 19.1. The van der Waals surface area contributed by atoms with Crippen molar-refractivity contribution in [3.8, 4) is 0 Å². The van der Waals surface area contributed by atoms with Gasteiger partial charge in [0, 0.05) is 8.59 Å². The van der Waals surface area contributed by atoms with E-state index in [-0.39, 0.29) is 23.0 Å². The lowest BCUT2D eigenvalue weighted by Gasteiger charge is -2.09. The van der Waals surface area contributed by atoms with E-state index in [1.165, 1.54) is 12.1 Å². The summed E-state index contributed by atoms with van der Waals surface area (Å²) in [6.45, 7) is -0.310. The third-order valence-corrected chi connectivity index (χ3v) is 4.81. The van der Waals surface area contributed by atoms with Gasteiger partial charge in [0.25, 0.3) is 17.0 Å². The number of rotatable bonds is 4. The van der Waals surface area contributed by atoms with E-state index in [0.717, 1.165) is 0 Å². The fraction of sp³-hybridized carbons (Fsp3) is 0.0588. The number of H-pyrrole nitrogens is 2. The summed E-state index contributed by atoms with van der Waals surface area (Å²) in [4.78, 5) is 48.2. The molecule has 3 rings (SSSR count). The summed E-state index contributed by atoms with van der Waals surface area (Å²) in [7, 11) is 0. The van der Waals surface area contributed by atoms with Gasteiger partial charge < -0.3 is 10.6 Å². The highest BCUT2D eigenvalue weighted by atomic mass is 127. The molecule has 2 aromatic carbocycles. The highest BCUT2D eigenvalue weighted by Crippen LogP contribution is 2.18. The van der Waals surface area contributed by atoms with Gasteiger partial charge >= 0.3 is 0 Å². The van der Waals surface area contributed by atoms with Crippen molar-refractivity contribution in [2.75, 3.05) is 11.9 Å². The van der Waals surface area contributed by atoms with Crippen molar-refractivity contribution in [2.45, 2.75) is 0 Å². The maximum absolute atomic E-state index is 12.2. The summed E-state index contributed by atoms with van der Waals surface area (Å²) in [5, 5.41) is 10.2. The standard InChI is InChI=1S/C17H12ClIN4O4/c18-8-4-5-9(11(19)6-8)15(25)20-7-13(24)21-12-3-1-2-10-14(12)17(27)23-22-16(10)26/h1-6H,7H2,(H,20,25)(H,21,24)(H,22,26)(H,23,27). The molecule has 4 N–H and O–H groups in total. The van der Waals surface area contributed by atoms with E-state index in [2.05, 4.69) is 20.8 Å². The number of benzene rings is 2. The Bertz CT molecular complexity index is 1170. The Morgan fingerprint density at radius 1 is 1.07 bits per heavy atom. The van der Waals surface area contributed by atoms with Crippen molar-refractivity contribution in [1.29, 1.82) is 0 Å². The molecule has 0 aliphatic rings. The summed E-state index contributed by atoms with van der Waals surface area (Å²) in [5.74, 6) is -0.974. The van der Waals surface area contributed by atoms with Crippen molar-refractivity contribution in [3.63, 3.8) is 0 Å². The van der Waals surface area contributed by atoms with Gasteiger partial charge in [-0.1, -0.05) is 17.7 Å². The van der Waals surface area contributed by atoms with Gasteiger partial charge in [-0.2, -0.15) is 0 Å². The minimum atomic E-state index is -0.542. The second-order valence-electron chi connectivity index (χ2n) is 5.49. The van der Waals surface area contributed by atoms with E-state index in [9.17, 15) is 19.2 Å². The summed E-state index contributed by atoms with van der Waals surface area (Å²) in [6.07, 6.45) is 0. The molecule has 0 fully saturated rings. The maximum atomic E-state index is 12.2. The third kappa shape index (κ3) is 4.19. The van der Waals surface area contributed by atoms with Crippen molar-refractivity contribution in [3.05, 3.63) is 71.3 Å². The Labute approximate surface area is 170 Å². The molecule has 0 saturated heterocycles. The zero-order chi connectivity index (χ0) is 19.6. The molecule has 27 heavy (non-hydrogen) atoms. The number of anilines is 1. The van der Waals surface area contributed by atoms with E-state index in [1.807, 2.05) is 22.6 Å². The number of amides is 2. The van der Waals surface area contributed by atoms with Gasteiger partial charge in [-0.25, -0.2) is 0 Å². The molecule has 1 aromatic heterocycles. The summed E-state index contributed by atoms with van der Waals surface area (Å²) in [5.41, 5.74) is -0.451. The quantitative estimate of drug-likeness (QED) is 0.410. The lowest BCUT2D eigenvalue weighted by molar-refractivity contribution is -0.115. The van der Waals surface area contributed by atoms with Gasteiger partial charge in [0.2, 0.25) is 5.91 Å². The number of hydrogen-bond donors (Lipinski definition) is 4. The van der Waals surface area contributed by atoms with Crippen molar-refractivity contribution in [2.24, 2.45) is 0 Å². The third-order valence-electron chi connectivity index (χ3n) is 3.69. The zero-order valence-corrected chi connectivity index (χ0v) is 16.5. The molecule has 0 unspecified atom stereocenters. The van der Waals surface area contributed by atoms with E-state index in [0.29, 0.717) is 14.2 Å². The Morgan fingerprint density at radius 3 is 2.56 bits per heavy atom. The van der Waals surface area contributed by atoms with Crippen LogP contribution >= 0.6 is 34.2 Å². The van der Waals surface area contributed by atoms with Gasteiger partial charge in [-0.15, -0.1) is 0 Å². The fourth-order valence-electron chi connectivity index (χ4n) is 2.46. The van der Waals surface area contributed by atoms with Crippen LogP contribution in [0.5, 0.6) is 0 Å². The molecule has 0 aliphatic carbocycles. The van der Waals surface area contributed by atoms with Crippen LogP contribution in [-0.4, -0.2) is 28.6 Å². The highest BCUT2D eigenvalue weighted by molar-refractivity contribution is 14.1. The monoisotopic (exact) mass is 498 g/mol. The molecule has 0 radical (unpaired) electrons. The molecule has 3 aromatic rings. The second kappa shape index (κ2) is 7.92. The SMILES string of the molecule is O=C(CNC(=O)c1ccc(Cl)cc1I)Nc1cccc2c(=O)[nH][nH]c(=O)c12. The van der Waals surface area contributed by atoms with Crippen LogP contribution in [-0.2, 0) is 4.79 Å². The van der Waals surface area contributed by atoms with Crippen LogP contribution < -0.4 is 21.8 Å². The van der Waals surface area contributed by atoms with Gasteiger partial charge in [0.05, 0.1) is 28.6 Å². The Hall–Kier alpha value is -2.66. The molecule has 0 atom stereocenters. The molecule has 1 heterocycles. The molecule has 0 saturated carbocycles. The van der Waals surface area contributed by atoms with Gasteiger partial charge in [0.1, 0.15) is 0 Å². The van der Waals surface area contributed by atoms with Crippen molar-refractivity contribution in [1.82, 2.24) is 15.5 Å². The van der Waals surface area contributed by atoms with Gasteiger partial charge in [-0.05, 0) is 52.9 Å². The number of nitrogens with one attached hydrogen (secondary N) is 4. The summed E-state index contributed by atoms with van der Waals surface area (Å²) >= 11 is 7.83. The molecule has 8 nitrogen and oxygen atoms in total. The molecule has 2 amide bonds. The first-order chi connectivity index (χ1) is 12.9. The average Bonchev–Trinajstić information content (AvgIpc) is 2.63. The Balaban J connectivity index is 1.74. The van der Waals surface area contributed by atoms with Crippen LogP contribution in [0, 0.1) is 3.57 Å². The highest BCUT2D eigenvalue weighted by Gasteiger charge is 2.14. The molecule has 0 spiro atoms. The van der Waals surface area contributed by atoms with Crippen LogP contribution in [0.4, 0.5) is 5.69 Å². The lowest BCUT2D eigenvalue weighted by atomic mass is 10.1. The summed E-state index contributed by atoms with van der Waals surface area (Å²) < 4.78 is 0.651. The van der Waals surface area contributed by atoms with Crippen molar-refractivity contribution >= 4 is 62.5 Å². The van der Waals surface area contributed by atoms with Crippen LogP contribution in [0.1, 0.15) is 10.4 Å². The maximum Gasteiger partial charge on any atom is 0.272 e. The summed E-state index contributed by atoms with van der Waals surface area (Å²) in [6, 6.07) is 9.30. The predicted molar refractivity (Wildman–Crippen MR) is 110 cm³/mol. The number of carbonyl (C=O) groups excluding carboxylic acids is 2. The minimum absolute atomic E-state index is 0.0631. The average molecular weight is 499 g/mol. The largest absolute Gasteiger partial charge is 0.343 e. The molecule has 138 valence electrons. The number of fused-ring (bicyclic) bond motifs is 1. The van der Waals surface area contributed by atoms with E-state index in [1.54, 1.807) is 24.3 Å². The predicted octanol–water partition coefficient (Wildman–Crippen LogP) is 1.84. The number of carbonyl (C=O) groups is 2. The molecule has 0 aliphatic heterocycles. The minimum Gasteiger partial charge on any atom is -0.343 e. The zero-order valence-electron chi connectivity index (χ0n) is 13.6. The molecule has 10 heteroatoms. The molecule has 0 bridgehead atoms. The Morgan fingerprint density at radius 2 is 1.81 bits per heavy atom. The van der Waals surface area contributed by atoms with E-state index in [4.69, 9.17) is 11.6 Å². The molecular weight excluding hydrogens is 487 g/mol. The van der Waals surface area contributed by atoms with Crippen molar-refractivity contribution < 1.29 is 9.59 Å². The number of halogens is 2. The topological polar surface area (TPSA) is 124 Å². The Kier molecular flexibility index (Phi) is 5.61. The van der Waals surface area contributed by atoms with Gasteiger partial charge in [-0.3, -0.25) is 29.4 Å². The van der Waals surface area contributed by atoms with E-state index < -0.39 is 22.9 Å². The molecular formula is C17H12ClIN4O4.